The molecule has 1 saturated carbocycles. The van der Waals surface area contributed by atoms with Gasteiger partial charge in [-0.05, 0) is 6.42 Å². The standard InChI is InChI=1S/C4H7F2N/c5-4(6)2-1-3(2)7/h2-4H,1,7H2/t2-,3-/m1/s1. The first-order valence-electron chi connectivity index (χ1n) is 2.25. The SMILES string of the molecule is N[C@@H]1C[C@H]1C(F)F. The number of alkyl halides is 2. The Morgan fingerprint density at radius 1 is 1.57 bits per heavy atom. The lowest BCUT2D eigenvalue weighted by atomic mass is 10.4. The normalized spacial score (nSPS) is 39.4. The Kier molecular flexibility index (Phi) is 0.995. The molecule has 42 valence electrons. The zero-order valence-corrected chi connectivity index (χ0v) is 3.77. The third-order valence-electron chi connectivity index (χ3n) is 1.21. The second kappa shape index (κ2) is 1.40. The summed E-state index contributed by atoms with van der Waals surface area (Å²) in [5.41, 5.74) is 5.09. The Labute approximate surface area is 40.5 Å². The maximum absolute atomic E-state index is 11.4. The van der Waals surface area contributed by atoms with Crippen molar-refractivity contribution in [1.82, 2.24) is 0 Å². The zero-order valence-electron chi connectivity index (χ0n) is 3.77. The van der Waals surface area contributed by atoms with E-state index in [9.17, 15) is 8.78 Å². The molecule has 1 nitrogen and oxygen atoms in total. The van der Waals surface area contributed by atoms with E-state index in [2.05, 4.69) is 0 Å². The van der Waals surface area contributed by atoms with Gasteiger partial charge < -0.3 is 5.73 Å². The highest BCUT2D eigenvalue weighted by molar-refractivity contribution is 4.91. The summed E-state index contributed by atoms with van der Waals surface area (Å²) in [6.45, 7) is 0. The molecule has 1 aliphatic rings. The first-order valence-corrected chi connectivity index (χ1v) is 2.25. The second-order valence-electron chi connectivity index (χ2n) is 1.90. The van der Waals surface area contributed by atoms with E-state index in [1.165, 1.54) is 0 Å². The van der Waals surface area contributed by atoms with Crippen LogP contribution in [0.1, 0.15) is 6.42 Å². The fourth-order valence-corrected chi connectivity index (χ4v) is 0.525. The topological polar surface area (TPSA) is 26.0 Å². The predicted molar refractivity (Wildman–Crippen MR) is 22.1 cm³/mol. The van der Waals surface area contributed by atoms with Crippen LogP contribution >= 0.6 is 0 Å². The lowest BCUT2D eigenvalue weighted by Crippen LogP contribution is -2.06. The van der Waals surface area contributed by atoms with Crippen LogP contribution in [-0.4, -0.2) is 12.5 Å². The summed E-state index contributed by atoms with van der Waals surface area (Å²) in [6.07, 6.45) is -1.67. The van der Waals surface area contributed by atoms with Crippen LogP contribution in [0.5, 0.6) is 0 Å². The molecule has 0 saturated heterocycles. The highest BCUT2D eigenvalue weighted by atomic mass is 19.3. The highest BCUT2D eigenvalue weighted by Crippen LogP contribution is 2.33. The molecular weight excluding hydrogens is 100 g/mol. The molecule has 7 heavy (non-hydrogen) atoms. The lowest BCUT2D eigenvalue weighted by Gasteiger charge is -1.88. The van der Waals surface area contributed by atoms with E-state index in [1.807, 2.05) is 0 Å². The molecule has 0 heterocycles. The van der Waals surface area contributed by atoms with Gasteiger partial charge in [-0.1, -0.05) is 0 Å². The van der Waals surface area contributed by atoms with Gasteiger partial charge in [0.15, 0.2) is 0 Å². The fourth-order valence-electron chi connectivity index (χ4n) is 0.525. The first-order chi connectivity index (χ1) is 3.22. The van der Waals surface area contributed by atoms with Gasteiger partial charge in [0.05, 0.1) is 0 Å². The van der Waals surface area contributed by atoms with Crippen molar-refractivity contribution in [2.75, 3.05) is 0 Å². The van der Waals surface area contributed by atoms with Crippen LogP contribution in [0.3, 0.4) is 0 Å². The van der Waals surface area contributed by atoms with Gasteiger partial charge in [0.1, 0.15) is 0 Å². The summed E-state index contributed by atoms with van der Waals surface area (Å²) in [4.78, 5) is 0. The summed E-state index contributed by atoms with van der Waals surface area (Å²) in [5, 5.41) is 0. The van der Waals surface area contributed by atoms with Gasteiger partial charge in [-0.15, -0.1) is 0 Å². The summed E-state index contributed by atoms with van der Waals surface area (Å²) in [7, 11) is 0. The van der Waals surface area contributed by atoms with Crippen LogP contribution in [0.4, 0.5) is 8.78 Å². The fraction of sp³-hybridized carbons (Fsp3) is 1.00. The van der Waals surface area contributed by atoms with Crippen molar-refractivity contribution in [2.45, 2.75) is 18.9 Å². The number of hydrogen-bond donors (Lipinski definition) is 1. The average Bonchev–Trinajstić information content (AvgIpc) is 2.17. The van der Waals surface area contributed by atoms with Crippen LogP contribution in [0.2, 0.25) is 0 Å². The van der Waals surface area contributed by atoms with Crippen LogP contribution in [0.25, 0.3) is 0 Å². The van der Waals surface area contributed by atoms with Crippen molar-refractivity contribution in [1.29, 1.82) is 0 Å². The third-order valence-corrected chi connectivity index (χ3v) is 1.21. The molecule has 1 fully saturated rings. The van der Waals surface area contributed by atoms with E-state index in [1.54, 1.807) is 0 Å². The molecule has 0 amide bonds. The van der Waals surface area contributed by atoms with Crippen molar-refractivity contribution in [2.24, 2.45) is 11.7 Å². The van der Waals surface area contributed by atoms with E-state index in [0.29, 0.717) is 6.42 Å². The Morgan fingerprint density at radius 2 is 2.00 bits per heavy atom. The molecule has 2 atom stereocenters. The molecule has 0 unspecified atom stereocenters. The van der Waals surface area contributed by atoms with Gasteiger partial charge >= 0.3 is 0 Å². The number of halogens is 2. The van der Waals surface area contributed by atoms with Gasteiger partial charge in [-0.3, -0.25) is 0 Å². The largest absolute Gasteiger partial charge is 0.327 e. The minimum atomic E-state index is -2.19. The average molecular weight is 107 g/mol. The van der Waals surface area contributed by atoms with Gasteiger partial charge in [0.2, 0.25) is 6.43 Å². The van der Waals surface area contributed by atoms with E-state index < -0.39 is 12.3 Å². The third kappa shape index (κ3) is 0.881. The van der Waals surface area contributed by atoms with Crippen molar-refractivity contribution in [3.63, 3.8) is 0 Å². The summed E-state index contributed by atoms with van der Waals surface area (Å²) < 4.78 is 22.8. The molecule has 0 spiro atoms. The smallest absolute Gasteiger partial charge is 0.242 e. The van der Waals surface area contributed by atoms with Gasteiger partial charge in [-0.2, -0.15) is 0 Å². The maximum Gasteiger partial charge on any atom is 0.242 e. The Bertz CT molecular complexity index is 74.1. The van der Waals surface area contributed by atoms with Crippen molar-refractivity contribution >= 4 is 0 Å². The van der Waals surface area contributed by atoms with Gasteiger partial charge in [0.25, 0.3) is 0 Å². The molecular formula is C4H7F2N. The molecule has 0 radical (unpaired) electrons. The number of nitrogens with two attached hydrogens (primary N) is 1. The molecule has 1 aliphatic carbocycles. The van der Waals surface area contributed by atoms with E-state index in [0.717, 1.165) is 0 Å². The van der Waals surface area contributed by atoms with Gasteiger partial charge in [0, 0.05) is 12.0 Å². The van der Waals surface area contributed by atoms with Crippen molar-refractivity contribution < 1.29 is 8.78 Å². The highest BCUT2D eigenvalue weighted by Gasteiger charge is 2.40. The number of rotatable bonds is 1. The molecule has 0 bridgehead atoms. The van der Waals surface area contributed by atoms with Crippen LogP contribution in [-0.2, 0) is 0 Å². The molecule has 3 heteroatoms. The van der Waals surface area contributed by atoms with Crippen molar-refractivity contribution in [3.05, 3.63) is 0 Å². The predicted octanol–water partition coefficient (Wildman–Crippen LogP) is 0.599. The van der Waals surface area contributed by atoms with Crippen LogP contribution in [0, 0.1) is 5.92 Å². The first kappa shape index (κ1) is 4.97. The van der Waals surface area contributed by atoms with E-state index >= 15 is 0 Å². The molecule has 0 aromatic rings. The second-order valence-corrected chi connectivity index (χ2v) is 1.90. The molecule has 0 aromatic carbocycles. The maximum atomic E-state index is 11.4. The van der Waals surface area contributed by atoms with E-state index in [-0.39, 0.29) is 6.04 Å². The quantitative estimate of drug-likeness (QED) is 0.521. The zero-order chi connectivity index (χ0) is 5.44. The molecule has 2 N–H and O–H groups in total. The summed E-state index contributed by atoms with van der Waals surface area (Å²) in [5.74, 6) is -0.486. The van der Waals surface area contributed by atoms with Crippen LogP contribution < -0.4 is 5.73 Å². The summed E-state index contributed by atoms with van der Waals surface area (Å²) in [6, 6.07) is -0.208. The summed E-state index contributed by atoms with van der Waals surface area (Å²) >= 11 is 0. The molecule has 0 aliphatic heterocycles. The Balaban J connectivity index is 2.20. The molecule has 1 rings (SSSR count). The Morgan fingerprint density at radius 3 is 2.00 bits per heavy atom. The lowest BCUT2D eigenvalue weighted by molar-refractivity contribution is 0.121. The van der Waals surface area contributed by atoms with Crippen molar-refractivity contribution in [3.8, 4) is 0 Å². The van der Waals surface area contributed by atoms with Gasteiger partial charge in [-0.25, -0.2) is 8.78 Å². The van der Waals surface area contributed by atoms with E-state index in [4.69, 9.17) is 5.73 Å². The molecule has 0 aromatic heterocycles. The number of hydrogen-bond acceptors (Lipinski definition) is 1. The van der Waals surface area contributed by atoms with Crippen LogP contribution in [0.15, 0.2) is 0 Å². The monoisotopic (exact) mass is 107 g/mol. The minimum Gasteiger partial charge on any atom is -0.327 e. The minimum absolute atomic E-state index is 0.208. The Hall–Kier alpha value is -0.180.